The first-order valence-electron chi connectivity index (χ1n) is 6.63. The zero-order valence-corrected chi connectivity index (χ0v) is 13.2. The Morgan fingerprint density at radius 2 is 1.55 bits per heavy atom. The second-order valence-corrected chi connectivity index (χ2v) is 5.55. The van der Waals surface area contributed by atoms with Crippen LogP contribution in [0.25, 0.3) is 11.4 Å². The van der Waals surface area contributed by atoms with Crippen molar-refractivity contribution in [3.63, 3.8) is 0 Å². The van der Waals surface area contributed by atoms with Crippen molar-refractivity contribution in [2.75, 3.05) is 0 Å². The van der Waals surface area contributed by atoms with Crippen LogP contribution in [-0.2, 0) is 0 Å². The molecule has 0 aliphatic carbocycles. The van der Waals surface area contributed by atoms with Crippen molar-refractivity contribution < 1.29 is 9.26 Å². The van der Waals surface area contributed by atoms with Gasteiger partial charge in [0.25, 0.3) is 5.89 Å². The maximum atomic E-state index is 5.86. The summed E-state index contributed by atoms with van der Waals surface area (Å²) in [5, 5.41) is 5.28. The van der Waals surface area contributed by atoms with E-state index in [4.69, 9.17) is 32.5 Å². The van der Waals surface area contributed by atoms with E-state index < -0.39 is 0 Å². The molecule has 3 rings (SSSR count). The largest absolute Gasteiger partial charge is 0.481 e. The zero-order chi connectivity index (χ0) is 15.5. The van der Waals surface area contributed by atoms with Crippen LogP contribution in [0.1, 0.15) is 18.9 Å². The van der Waals surface area contributed by atoms with Gasteiger partial charge in [-0.2, -0.15) is 4.98 Å². The van der Waals surface area contributed by atoms with Crippen molar-refractivity contribution in [3.8, 4) is 17.1 Å². The van der Waals surface area contributed by atoms with Gasteiger partial charge in [0.2, 0.25) is 5.82 Å². The number of hydrogen-bond donors (Lipinski definition) is 0. The molecule has 6 heteroatoms. The number of aromatic nitrogens is 2. The summed E-state index contributed by atoms with van der Waals surface area (Å²) in [7, 11) is 0. The van der Waals surface area contributed by atoms with Crippen LogP contribution in [-0.4, -0.2) is 10.1 Å². The lowest BCUT2D eigenvalue weighted by Crippen LogP contribution is -2.03. The minimum absolute atomic E-state index is 0.366. The molecule has 0 saturated heterocycles. The lowest BCUT2D eigenvalue weighted by atomic mass is 10.2. The third-order valence-electron chi connectivity index (χ3n) is 3.02. The fourth-order valence-electron chi connectivity index (χ4n) is 1.88. The van der Waals surface area contributed by atoms with Gasteiger partial charge in [0, 0.05) is 15.6 Å². The molecule has 2 aromatic carbocycles. The average Bonchev–Trinajstić information content (AvgIpc) is 3.00. The second kappa shape index (κ2) is 6.38. The third-order valence-corrected chi connectivity index (χ3v) is 3.52. The molecule has 1 heterocycles. The fourth-order valence-corrected chi connectivity index (χ4v) is 2.14. The van der Waals surface area contributed by atoms with E-state index in [1.54, 1.807) is 36.4 Å². The normalized spacial score (nSPS) is 12.1. The van der Waals surface area contributed by atoms with Crippen molar-refractivity contribution in [2.45, 2.75) is 13.0 Å². The summed E-state index contributed by atoms with van der Waals surface area (Å²) in [6, 6.07) is 14.3. The van der Waals surface area contributed by atoms with E-state index in [0.717, 1.165) is 5.56 Å². The lowest BCUT2D eigenvalue weighted by Gasteiger charge is -2.10. The predicted octanol–water partition coefficient (Wildman–Crippen LogP) is 5.18. The third kappa shape index (κ3) is 3.40. The van der Waals surface area contributed by atoms with Gasteiger partial charge in [0.1, 0.15) is 5.75 Å². The van der Waals surface area contributed by atoms with Crippen LogP contribution in [0.2, 0.25) is 10.0 Å². The van der Waals surface area contributed by atoms with Crippen molar-refractivity contribution in [3.05, 3.63) is 64.5 Å². The molecule has 112 valence electrons. The van der Waals surface area contributed by atoms with E-state index in [1.807, 2.05) is 19.1 Å². The quantitative estimate of drug-likeness (QED) is 0.659. The molecule has 1 aromatic heterocycles. The summed E-state index contributed by atoms with van der Waals surface area (Å²) in [5.41, 5.74) is 0.832. The maximum absolute atomic E-state index is 5.86. The molecular weight excluding hydrogens is 323 g/mol. The number of benzene rings is 2. The molecule has 0 amide bonds. The molecule has 0 radical (unpaired) electrons. The summed E-state index contributed by atoms with van der Waals surface area (Å²) in [5.74, 6) is 1.58. The van der Waals surface area contributed by atoms with Crippen LogP contribution < -0.4 is 4.74 Å². The molecule has 0 saturated carbocycles. The van der Waals surface area contributed by atoms with Gasteiger partial charge in [-0.3, -0.25) is 0 Å². The summed E-state index contributed by atoms with van der Waals surface area (Å²) >= 11 is 11.7. The number of halogens is 2. The van der Waals surface area contributed by atoms with Crippen LogP contribution >= 0.6 is 23.2 Å². The van der Waals surface area contributed by atoms with Crippen molar-refractivity contribution >= 4 is 23.2 Å². The van der Waals surface area contributed by atoms with Crippen LogP contribution in [0, 0.1) is 0 Å². The van der Waals surface area contributed by atoms with Crippen molar-refractivity contribution in [1.82, 2.24) is 10.1 Å². The van der Waals surface area contributed by atoms with E-state index in [2.05, 4.69) is 10.1 Å². The number of ether oxygens (including phenoxy) is 1. The molecule has 4 nitrogen and oxygen atoms in total. The SMILES string of the molecule is CC(Oc1ccc(Cl)cc1)c1nc(-c2ccc(Cl)cc2)no1. The molecule has 0 aliphatic heterocycles. The van der Waals surface area contributed by atoms with Crippen molar-refractivity contribution in [2.24, 2.45) is 0 Å². The van der Waals surface area contributed by atoms with Crippen LogP contribution in [0.3, 0.4) is 0 Å². The fraction of sp³-hybridized carbons (Fsp3) is 0.125. The van der Waals surface area contributed by atoms with Gasteiger partial charge in [-0.05, 0) is 55.5 Å². The van der Waals surface area contributed by atoms with Gasteiger partial charge in [-0.15, -0.1) is 0 Å². The summed E-state index contributed by atoms with van der Waals surface area (Å²) in [4.78, 5) is 4.35. The standard InChI is InChI=1S/C16H12Cl2N2O2/c1-10(21-14-8-6-13(18)7-9-14)16-19-15(20-22-16)11-2-4-12(17)5-3-11/h2-10H,1H3. The Bertz CT molecular complexity index is 755. The van der Waals surface area contributed by atoms with Crippen LogP contribution in [0.4, 0.5) is 0 Å². The first-order valence-corrected chi connectivity index (χ1v) is 7.39. The Balaban J connectivity index is 1.75. The lowest BCUT2D eigenvalue weighted by molar-refractivity contribution is 0.176. The van der Waals surface area contributed by atoms with E-state index in [-0.39, 0.29) is 6.10 Å². The Hall–Kier alpha value is -2.04. The Morgan fingerprint density at radius 3 is 2.18 bits per heavy atom. The first kappa shape index (κ1) is 14.9. The highest BCUT2D eigenvalue weighted by atomic mass is 35.5. The average molecular weight is 335 g/mol. The molecule has 3 aromatic rings. The highest BCUT2D eigenvalue weighted by molar-refractivity contribution is 6.30. The van der Waals surface area contributed by atoms with Crippen molar-refractivity contribution in [1.29, 1.82) is 0 Å². The highest BCUT2D eigenvalue weighted by Crippen LogP contribution is 2.24. The molecular formula is C16H12Cl2N2O2. The van der Waals surface area contributed by atoms with Gasteiger partial charge in [-0.1, -0.05) is 28.4 Å². The van der Waals surface area contributed by atoms with Gasteiger partial charge in [0.05, 0.1) is 0 Å². The second-order valence-electron chi connectivity index (χ2n) is 4.68. The van der Waals surface area contributed by atoms with E-state index >= 15 is 0 Å². The van der Waals surface area contributed by atoms with Gasteiger partial charge in [0.15, 0.2) is 6.10 Å². The monoisotopic (exact) mass is 334 g/mol. The maximum Gasteiger partial charge on any atom is 0.267 e. The summed E-state index contributed by atoms with van der Waals surface area (Å²) in [6.07, 6.45) is -0.366. The molecule has 1 unspecified atom stereocenters. The van der Waals surface area contributed by atoms with Gasteiger partial charge >= 0.3 is 0 Å². The molecule has 0 fully saturated rings. The molecule has 1 atom stereocenters. The zero-order valence-electron chi connectivity index (χ0n) is 11.7. The first-order chi connectivity index (χ1) is 10.6. The minimum atomic E-state index is -0.366. The van der Waals surface area contributed by atoms with Gasteiger partial charge < -0.3 is 9.26 Å². The molecule has 0 spiro atoms. The minimum Gasteiger partial charge on any atom is -0.481 e. The highest BCUT2D eigenvalue weighted by Gasteiger charge is 2.16. The van der Waals surface area contributed by atoms with Gasteiger partial charge in [-0.25, -0.2) is 0 Å². The summed E-state index contributed by atoms with van der Waals surface area (Å²) < 4.78 is 11.0. The van der Waals surface area contributed by atoms with Crippen LogP contribution in [0.5, 0.6) is 5.75 Å². The van der Waals surface area contributed by atoms with E-state index in [9.17, 15) is 0 Å². The molecule has 22 heavy (non-hydrogen) atoms. The Labute approximate surface area is 137 Å². The van der Waals surface area contributed by atoms with E-state index in [0.29, 0.717) is 27.5 Å². The van der Waals surface area contributed by atoms with Crippen LogP contribution in [0.15, 0.2) is 53.1 Å². The number of nitrogens with zero attached hydrogens (tertiary/aromatic N) is 2. The molecule has 0 N–H and O–H groups in total. The number of hydrogen-bond acceptors (Lipinski definition) is 4. The Kier molecular flexibility index (Phi) is 4.32. The molecule has 0 aliphatic rings. The van der Waals surface area contributed by atoms with E-state index in [1.165, 1.54) is 0 Å². The smallest absolute Gasteiger partial charge is 0.267 e. The number of rotatable bonds is 4. The topological polar surface area (TPSA) is 48.2 Å². The summed E-state index contributed by atoms with van der Waals surface area (Å²) in [6.45, 7) is 1.84. The molecule has 0 bridgehead atoms. The Morgan fingerprint density at radius 1 is 0.955 bits per heavy atom. The predicted molar refractivity (Wildman–Crippen MR) is 85.2 cm³/mol.